The second-order valence-corrected chi connectivity index (χ2v) is 8.90. The molecule has 1 heterocycles. The fourth-order valence-corrected chi connectivity index (χ4v) is 4.46. The predicted molar refractivity (Wildman–Crippen MR) is 93.3 cm³/mol. The molecule has 1 aliphatic rings. The van der Waals surface area contributed by atoms with Gasteiger partial charge in [-0.3, -0.25) is 0 Å². The Morgan fingerprint density at radius 1 is 1.30 bits per heavy atom. The third kappa shape index (κ3) is 5.19. The van der Waals surface area contributed by atoms with Gasteiger partial charge >= 0.3 is 0 Å². The highest BCUT2D eigenvalue weighted by molar-refractivity contribution is 7.89. The van der Waals surface area contributed by atoms with Crippen LogP contribution in [0.2, 0.25) is 0 Å². The maximum atomic E-state index is 12.6. The molecule has 0 radical (unpaired) electrons. The van der Waals surface area contributed by atoms with Crippen LogP contribution in [0.3, 0.4) is 0 Å². The van der Waals surface area contributed by atoms with E-state index < -0.39 is 15.6 Å². The van der Waals surface area contributed by atoms with Crippen LogP contribution in [0.1, 0.15) is 39.2 Å². The summed E-state index contributed by atoms with van der Waals surface area (Å²) in [7, 11) is -3.53. The Morgan fingerprint density at radius 2 is 2.04 bits per heavy atom. The maximum Gasteiger partial charge on any atom is 0.241 e. The number of anilines is 1. The molecule has 23 heavy (non-hydrogen) atoms. The van der Waals surface area contributed by atoms with E-state index in [9.17, 15) is 8.42 Å². The molecule has 0 amide bonds. The quantitative estimate of drug-likeness (QED) is 0.865. The van der Waals surface area contributed by atoms with E-state index in [0.29, 0.717) is 10.8 Å². The first-order valence-electron chi connectivity index (χ1n) is 8.14. The van der Waals surface area contributed by atoms with Crippen LogP contribution in [0.15, 0.2) is 23.1 Å². The van der Waals surface area contributed by atoms with Crippen LogP contribution in [0, 0.1) is 12.8 Å². The minimum atomic E-state index is -3.53. The Kier molecular flexibility index (Phi) is 5.70. The van der Waals surface area contributed by atoms with Crippen LogP contribution < -0.4 is 10.0 Å². The van der Waals surface area contributed by atoms with Crippen LogP contribution in [-0.2, 0) is 14.8 Å². The van der Waals surface area contributed by atoms with E-state index in [1.807, 2.05) is 33.8 Å². The Bertz CT molecular complexity index is 630. The first kappa shape index (κ1) is 18.2. The lowest BCUT2D eigenvalue weighted by molar-refractivity contribution is 0.0595. The normalized spacial score (nSPS) is 19.6. The number of hydrogen-bond acceptors (Lipinski definition) is 4. The van der Waals surface area contributed by atoms with Crippen molar-refractivity contribution in [3.63, 3.8) is 0 Å². The fraction of sp³-hybridized carbons (Fsp3) is 0.647. The van der Waals surface area contributed by atoms with Crippen LogP contribution in [0.4, 0.5) is 5.69 Å². The van der Waals surface area contributed by atoms with Crippen LogP contribution >= 0.6 is 0 Å². The van der Waals surface area contributed by atoms with Gasteiger partial charge in [0.15, 0.2) is 0 Å². The summed E-state index contributed by atoms with van der Waals surface area (Å²) in [6.45, 7) is 9.78. The van der Waals surface area contributed by atoms with Gasteiger partial charge in [-0.05, 0) is 64.2 Å². The van der Waals surface area contributed by atoms with Gasteiger partial charge in [0.2, 0.25) is 10.0 Å². The highest BCUT2D eigenvalue weighted by Crippen LogP contribution is 2.25. The van der Waals surface area contributed by atoms with Crippen molar-refractivity contribution in [1.82, 2.24) is 4.72 Å². The molecule has 1 aromatic carbocycles. The van der Waals surface area contributed by atoms with E-state index in [-0.39, 0.29) is 0 Å². The van der Waals surface area contributed by atoms with E-state index >= 15 is 0 Å². The summed E-state index contributed by atoms with van der Waals surface area (Å²) in [6.07, 6.45) is 2.24. The van der Waals surface area contributed by atoms with Crippen molar-refractivity contribution in [1.29, 1.82) is 0 Å². The van der Waals surface area contributed by atoms with Gasteiger partial charge in [0.25, 0.3) is 0 Å². The number of ether oxygens (including phenoxy) is 1. The average molecular weight is 340 g/mol. The number of hydrogen-bond donors (Lipinski definition) is 2. The minimum absolute atomic E-state index is 0.331. The van der Waals surface area contributed by atoms with Gasteiger partial charge in [-0.2, -0.15) is 0 Å². The van der Waals surface area contributed by atoms with E-state index in [0.717, 1.165) is 43.9 Å². The molecule has 1 aromatic rings. The van der Waals surface area contributed by atoms with Crippen molar-refractivity contribution in [2.75, 3.05) is 25.1 Å². The molecule has 0 aromatic heterocycles. The number of benzene rings is 1. The molecule has 130 valence electrons. The highest BCUT2D eigenvalue weighted by Gasteiger charge is 2.24. The van der Waals surface area contributed by atoms with E-state index in [2.05, 4.69) is 10.0 Å². The monoisotopic (exact) mass is 340 g/mol. The zero-order chi connectivity index (χ0) is 17.1. The van der Waals surface area contributed by atoms with Gasteiger partial charge in [-0.15, -0.1) is 0 Å². The summed E-state index contributed by atoms with van der Waals surface area (Å²) in [5, 5.41) is 3.39. The molecule has 1 unspecified atom stereocenters. The minimum Gasteiger partial charge on any atom is -0.384 e. The van der Waals surface area contributed by atoms with E-state index in [1.165, 1.54) is 0 Å². The van der Waals surface area contributed by atoms with Crippen molar-refractivity contribution < 1.29 is 13.2 Å². The van der Waals surface area contributed by atoms with Crippen LogP contribution in [0.5, 0.6) is 0 Å². The summed E-state index contributed by atoms with van der Waals surface area (Å²) in [6, 6.07) is 5.36. The standard InChI is InChI=1S/C17H28N2O3S/c1-13-15(18-11-14-7-6-10-22-12-14)8-5-9-16(13)23(20,21)19-17(2,3)4/h5,8-9,14,18-19H,6-7,10-12H2,1-4H3. The molecule has 2 rings (SSSR count). The largest absolute Gasteiger partial charge is 0.384 e. The molecule has 1 fully saturated rings. The summed E-state index contributed by atoms with van der Waals surface area (Å²) >= 11 is 0. The van der Waals surface area contributed by atoms with Crippen molar-refractivity contribution in [3.8, 4) is 0 Å². The molecule has 6 heteroatoms. The molecular formula is C17H28N2O3S. The first-order valence-corrected chi connectivity index (χ1v) is 9.62. The van der Waals surface area contributed by atoms with Gasteiger partial charge in [0.1, 0.15) is 0 Å². The van der Waals surface area contributed by atoms with Gasteiger partial charge in [-0.1, -0.05) is 6.07 Å². The van der Waals surface area contributed by atoms with Crippen molar-refractivity contribution in [2.45, 2.75) is 51.0 Å². The summed E-state index contributed by atoms with van der Waals surface area (Å²) in [4.78, 5) is 0.331. The summed E-state index contributed by atoms with van der Waals surface area (Å²) in [5.74, 6) is 0.483. The van der Waals surface area contributed by atoms with Crippen molar-refractivity contribution >= 4 is 15.7 Å². The lowest BCUT2D eigenvalue weighted by atomic mass is 10.0. The Morgan fingerprint density at radius 3 is 2.65 bits per heavy atom. The van der Waals surface area contributed by atoms with Gasteiger partial charge < -0.3 is 10.1 Å². The highest BCUT2D eigenvalue weighted by atomic mass is 32.2. The smallest absolute Gasteiger partial charge is 0.241 e. The molecule has 2 N–H and O–H groups in total. The Hall–Kier alpha value is -1.11. The second-order valence-electron chi connectivity index (χ2n) is 7.25. The van der Waals surface area contributed by atoms with Crippen LogP contribution in [0.25, 0.3) is 0 Å². The summed E-state index contributed by atoms with van der Waals surface area (Å²) < 4.78 is 33.3. The maximum absolute atomic E-state index is 12.6. The lowest BCUT2D eigenvalue weighted by Crippen LogP contribution is -2.40. The molecule has 1 saturated heterocycles. The number of nitrogens with one attached hydrogen (secondary N) is 2. The van der Waals surface area contributed by atoms with Gasteiger partial charge in [0.05, 0.1) is 11.5 Å². The molecule has 1 atom stereocenters. The van der Waals surface area contributed by atoms with E-state index in [1.54, 1.807) is 12.1 Å². The Balaban J connectivity index is 2.14. The predicted octanol–water partition coefficient (Wildman–Crippen LogP) is 2.91. The summed E-state index contributed by atoms with van der Waals surface area (Å²) in [5.41, 5.74) is 1.11. The number of rotatable bonds is 5. The Labute approximate surface area is 139 Å². The fourth-order valence-electron chi connectivity index (χ4n) is 2.78. The van der Waals surface area contributed by atoms with E-state index in [4.69, 9.17) is 4.74 Å². The zero-order valence-electron chi connectivity index (χ0n) is 14.5. The number of sulfonamides is 1. The lowest BCUT2D eigenvalue weighted by Gasteiger charge is -2.24. The van der Waals surface area contributed by atoms with Crippen molar-refractivity contribution in [3.05, 3.63) is 23.8 Å². The van der Waals surface area contributed by atoms with Gasteiger partial charge in [-0.25, -0.2) is 13.1 Å². The molecular weight excluding hydrogens is 312 g/mol. The van der Waals surface area contributed by atoms with Crippen molar-refractivity contribution in [2.24, 2.45) is 5.92 Å². The molecule has 1 aliphatic heterocycles. The molecule has 0 spiro atoms. The average Bonchev–Trinajstić information content (AvgIpc) is 2.44. The van der Waals surface area contributed by atoms with Gasteiger partial charge in [0, 0.05) is 24.4 Å². The molecule has 0 aliphatic carbocycles. The third-order valence-electron chi connectivity index (χ3n) is 3.85. The third-order valence-corrected chi connectivity index (χ3v) is 5.75. The topological polar surface area (TPSA) is 67.4 Å². The van der Waals surface area contributed by atoms with Crippen LogP contribution in [-0.4, -0.2) is 33.7 Å². The SMILES string of the molecule is Cc1c(NCC2CCCOC2)cccc1S(=O)(=O)NC(C)(C)C. The second kappa shape index (κ2) is 7.20. The first-order chi connectivity index (χ1) is 10.7. The molecule has 5 nitrogen and oxygen atoms in total. The molecule has 0 bridgehead atoms. The zero-order valence-corrected chi connectivity index (χ0v) is 15.3. The molecule has 0 saturated carbocycles.